The van der Waals surface area contributed by atoms with E-state index in [1.54, 1.807) is 10.7 Å². The highest BCUT2D eigenvalue weighted by atomic mass is 16.5. The Morgan fingerprint density at radius 2 is 2.00 bits per heavy atom. The van der Waals surface area contributed by atoms with Gasteiger partial charge in [0.05, 0.1) is 36.7 Å². The number of hydrogen-bond donors (Lipinski definition) is 1. The number of fused-ring (bicyclic) bond motifs is 2. The SMILES string of the molecule is c1cn2nc(-c3ccn4nc(NC5COC5)ncc34)ccc2n1. The van der Waals surface area contributed by atoms with Crippen LogP contribution in [0.25, 0.3) is 22.4 Å². The van der Waals surface area contributed by atoms with Crippen LogP contribution < -0.4 is 5.32 Å². The van der Waals surface area contributed by atoms with Crippen molar-refractivity contribution < 1.29 is 4.74 Å². The van der Waals surface area contributed by atoms with E-state index in [0.717, 1.165) is 22.4 Å². The van der Waals surface area contributed by atoms with Gasteiger partial charge in [-0.05, 0) is 18.2 Å². The quantitative estimate of drug-likeness (QED) is 0.613. The van der Waals surface area contributed by atoms with Crippen LogP contribution in [0.4, 0.5) is 5.95 Å². The summed E-state index contributed by atoms with van der Waals surface area (Å²) in [7, 11) is 0. The Labute approximate surface area is 130 Å². The first kappa shape index (κ1) is 12.5. The van der Waals surface area contributed by atoms with Crippen molar-refractivity contribution in [1.29, 1.82) is 0 Å². The van der Waals surface area contributed by atoms with Crippen LogP contribution in [0.1, 0.15) is 0 Å². The van der Waals surface area contributed by atoms with Gasteiger partial charge < -0.3 is 10.1 Å². The molecule has 0 spiro atoms. The maximum absolute atomic E-state index is 5.14. The number of nitrogens with one attached hydrogen (secondary N) is 1. The minimum Gasteiger partial charge on any atom is -0.377 e. The van der Waals surface area contributed by atoms with Crippen LogP contribution in [-0.2, 0) is 4.74 Å². The molecule has 8 heteroatoms. The fourth-order valence-electron chi connectivity index (χ4n) is 2.64. The predicted molar refractivity (Wildman–Crippen MR) is 83.2 cm³/mol. The standard InChI is InChI=1S/C15H13N7O/c1-2-14-16-4-6-22(14)19-12(1)11-3-5-21-13(11)7-17-15(20-21)18-10-8-23-9-10/h1-7,10H,8-9H2,(H,18,20). The van der Waals surface area contributed by atoms with Crippen LogP contribution >= 0.6 is 0 Å². The van der Waals surface area contributed by atoms with E-state index in [1.165, 1.54) is 0 Å². The van der Waals surface area contributed by atoms with E-state index in [2.05, 4.69) is 25.5 Å². The molecule has 114 valence electrons. The van der Waals surface area contributed by atoms with Crippen molar-refractivity contribution in [3.63, 3.8) is 0 Å². The fourth-order valence-corrected chi connectivity index (χ4v) is 2.64. The van der Waals surface area contributed by atoms with Gasteiger partial charge in [-0.3, -0.25) is 0 Å². The molecule has 0 unspecified atom stereocenters. The third-order valence-corrected chi connectivity index (χ3v) is 3.92. The summed E-state index contributed by atoms with van der Waals surface area (Å²) in [6.07, 6.45) is 7.28. The molecular weight excluding hydrogens is 294 g/mol. The van der Waals surface area contributed by atoms with E-state index in [4.69, 9.17) is 4.74 Å². The Kier molecular flexibility index (Phi) is 2.59. The smallest absolute Gasteiger partial charge is 0.241 e. The molecule has 8 nitrogen and oxygen atoms in total. The maximum Gasteiger partial charge on any atom is 0.241 e. The predicted octanol–water partition coefficient (Wildman–Crippen LogP) is 1.25. The van der Waals surface area contributed by atoms with Crippen molar-refractivity contribution in [2.45, 2.75) is 6.04 Å². The molecule has 1 fully saturated rings. The van der Waals surface area contributed by atoms with Gasteiger partial charge in [0.25, 0.3) is 0 Å². The zero-order valence-corrected chi connectivity index (χ0v) is 12.1. The van der Waals surface area contributed by atoms with Crippen molar-refractivity contribution in [2.24, 2.45) is 0 Å². The second-order valence-electron chi connectivity index (χ2n) is 5.47. The Morgan fingerprint density at radius 3 is 2.87 bits per heavy atom. The first-order chi connectivity index (χ1) is 11.4. The van der Waals surface area contributed by atoms with Gasteiger partial charge >= 0.3 is 0 Å². The molecular formula is C15H13N7O. The second kappa shape index (κ2) is 4.75. The summed E-state index contributed by atoms with van der Waals surface area (Å²) in [5, 5.41) is 12.3. The van der Waals surface area contributed by atoms with E-state index in [1.807, 2.05) is 41.3 Å². The van der Waals surface area contributed by atoms with Gasteiger partial charge in [0.15, 0.2) is 5.65 Å². The molecule has 1 aliphatic rings. The monoisotopic (exact) mass is 307 g/mol. The van der Waals surface area contributed by atoms with Gasteiger partial charge in [-0.1, -0.05) is 0 Å². The van der Waals surface area contributed by atoms with E-state index in [9.17, 15) is 0 Å². The molecule has 1 N–H and O–H groups in total. The van der Waals surface area contributed by atoms with Gasteiger partial charge in [0.1, 0.15) is 0 Å². The normalized spacial score (nSPS) is 15.1. The molecule has 4 aromatic heterocycles. The van der Waals surface area contributed by atoms with Crippen LogP contribution in [0.15, 0.2) is 43.0 Å². The lowest BCUT2D eigenvalue weighted by molar-refractivity contribution is 0.0207. The summed E-state index contributed by atoms with van der Waals surface area (Å²) in [6, 6.07) is 6.19. The van der Waals surface area contributed by atoms with Crippen molar-refractivity contribution in [3.8, 4) is 11.3 Å². The summed E-state index contributed by atoms with van der Waals surface area (Å²) in [6.45, 7) is 1.40. The molecule has 0 saturated carbocycles. The van der Waals surface area contributed by atoms with Crippen molar-refractivity contribution in [1.82, 2.24) is 29.2 Å². The lowest BCUT2D eigenvalue weighted by atomic mass is 10.2. The largest absolute Gasteiger partial charge is 0.377 e. The second-order valence-corrected chi connectivity index (χ2v) is 5.47. The highest BCUT2D eigenvalue weighted by molar-refractivity contribution is 5.78. The highest BCUT2D eigenvalue weighted by Crippen LogP contribution is 2.23. The van der Waals surface area contributed by atoms with Crippen molar-refractivity contribution in [2.75, 3.05) is 18.5 Å². The van der Waals surface area contributed by atoms with Crippen LogP contribution in [0, 0.1) is 0 Å². The first-order valence-electron chi connectivity index (χ1n) is 7.36. The summed E-state index contributed by atoms with van der Waals surface area (Å²) in [4.78, 5) is 8.60. The molecule has 0 aromatic carbocycles. The topological polar surface area (TPSA) is 81.6 Å². The van der Waals surface area contributed by atoms with Gasteiger partial charge in [-0.15, -0.1) is 5.10 Å². The number of nitrogens with zero attached hydrogens (tertiary/aromatic N) is 6. The Balaban J connectivity index is 1.55. The van der Waals surface area contributed by atoms with Crippen LogP contribution in [-0.4, -0.2) is 48.5 Å². The minimum absolute atomic E-state index is 0.299. The lowest BCUT2D eigenvalue weighted by Crippen LogP contribution is -2.40. The third-order valence-electron chi connectivity index (χ3n) is 3.92. The number of ether oxygens (including phenoxy) is 1. The van der Waals surface area contributed by atoms with Gasteiger partial charge in [0, 0.05) is 24.2 Å². The van der Waals surface area contributed by atoms with Crippen LogP contribution in [0.2, 0.25) is 0 Å². The van der Waals surface area contributed by atoms with E-state index in [-0.39, 0.29) is 0 Å². The summed E-state index contributed by atoms with van der Waals surface area (Å²) < 4.78 is 8.71. The summed E-state index contributed by atoms with van der Waals surface area (Å²) >= 11 is 0. The lowest BCUT2D eigenvalue weighted by Gasteiger charge is -2.26. The molecule has 1 saturated heterocycles. The molecule has 0 amide bonds. The minimum atomic E-state index is 0.299. The molecule has 5 heterocycles. The maximum atomic E-state index is 5.14. The average Bonchev–Trinajstić information content (AvgIpc) is 3.16. The number of aromatic nitrogens is 6. The van der Waals surface area contributed by atoms with Gasteiger partial charge in [0.2, 0.25) is 5.95 Å². The Morgan fingerprint density at radius 1 is 1.04 bits per heavy atom. The zero-order chi connectivity index (χ0) is 15.2. The van der Waals surface area contributed by atoms with Crippen LogP contribution in [0.5, 0.6) is 0 Å². The van der Waals surface area contributed by atoms with E-state index >= 15 is 0 Å². The van der Waals surface area contributed by atoms with E-state index < -0.39 is 0 Å². The molecule has 1 aliphatic heterocycles. The number of rotatable bonds is 3. The molecule has 0 aliphatic carbocycles. The van der Waals surface area contributed by atoms with E-state index in [0.29, 0.717) is 25.2 Å². The van der Waals surface area contributed by atoms with Crippen LogP contribution in [0.3, 0.4) is 0 Å². The molecule has 0 atom stereocenters. The number of imidazole rings is 1. The number of hydrogen-bond acceptors (Lipinski definition) is 6. The molecule has 0 bridgehead atoms. The first-order valence-corrected chi connectivity index (χ1v) is 7.36. The average molecular weight is 307 g/mol. The number of anilines is 1. The van der Waals surface area contributed by atoms with Crippen molar-refractivity contribution in [3.05, 3.63) is 43.0 Å². The summed E-state index contributed by atoms with van der Waals surface area (Å²) in [5.41, 5.74) is 3.57. The molecule has 23 heavy (non-hydrogen) atoms. The third kappa shape index (κ3) is 2.03. The zero-order valence-electron chi connectivity index (χ0n) is 12.1. The van der Waals surface area contributed by atoms with Gasteiger partial charge in [-0.25, -0.2) is 19.0 Å². The summed E-state index contributed by atoms with van der Waals surface area (Å²) in [5.74, 6) is 0.603. The van der Waals surface area contributed by atoms with Crippen molar-refractivity contribution >= 4 is 17.1 Å². The Hall–Kier alpha value is -3.00. The molecule has 0 radical (unpaired) electrons. The highest BCUT2D eigenvalue weighted by Gasteiger charge is 2.19. The molecule has 4 aromatic rings. The fraction of sp³-hybridized carbons (Fsp3) is 0.200. The molecule has 5 rings (SSSR count). The Bertz CT molecular complexity index is 1000. The van der Waals surface area contributed by atoms with Gasteiger partial charge in [-0.2, -0.15) is 5.10 Å².